The molecular formula is C23H17Cl3FN5O5S2. The highest BCUT2D eigenvalue weighted by Gasteiger charge is 2.19. The molecule has 4 rings (SSSR count). The average Bonchev–Trinajstić information content (AvgIpc) is 2.84. The Bertz CT molecular complexity index is 1790. The van der Waals surface area contributed by atoms with Crippen LogP contribution in [-0.2, 0) is 26.9 Å². The molecule has 3 aromatic carbocycles. The summed E-state index contributed by atoms with van der Waals surface area (Å²) in [6.07, 6.45) is 0. The van der Waals surface area contributed by atoms with Gasteiger partial charge < -0.3 is 16.2 Å². The molecule has 0 saturated carbocycles. The first-order chi connectivity index (χ1) is 18.2. The zero-order valence-electron chi connectivity index (χ0n) is 19.4. The average molecular weight is 633 g/mol. The Labute approximate surface area is 238 Å². The van der Waals surface area contributed by atoms with E-state index in [-0.39, 0.29) is 39.7 Å². The lowest BCUT2D eigenvalue weighted by atomic mass is 10.0. The molecule has 0 radical (unpaired) electrons. The monoisotopic (exact) mass is 631 g/mol. The maximum atomic E-state index is 13.1. The van der Waals surface area contributed by atoms with Crippen LogP contribution in [0.2, 0.25) is 15.1 Å². The summed E-state index contributed by atoms with van der Waals surface area (Å²) in [5.41, 5.74) is 13.3. The van der Waals surface area contributed by atoms with Crippen molar-refractivity contribution < 1.29 is 25.5 Å². The fourth-order valence-corrected chi connectivity index (χ4v) is 5.48. The predicted molar refractivity (Wildman–Crippen MR) is 148 cm³/mol. The molecule has 4 aromatic rings. The van der Waals surface area contributed by atoms with Crippen LogP contribution in [0.4, 0.5) is 21.3 Å². The number of ether oxygens (including phenoxy) is 1. The number of anilines is 3. The van der Waals surface area contributed by atoms with Gasteiger partial charge in [-0.15, -0.1) is 3.89 Å². The summed E-state index contributed by atoms with van der Waals surface area (Å²) < 4.78 is 68.4. The van der Waals surface area contributed by atoms with E-state index in [2.05, 4.69) is 14.7 Å². The Hall–Kier alpha value is -3.36. The third kappa shape index (κ3) is 6.62. The van der Waals surface area contributed by atoms with Gasteiger partial charge in [0.25, 0.3) is 10.0 Å². The number of hydrogen-bond donors (Lipinski definition) is 3. The molecule has 0 bridgehead atoms. The van der Waals surface area contributed by atoms with Crippen molar-refractivity contribution in [3.63, 3.8) is 0 Å². The van der Waals surface area contributed by atoms with Crippen LogP contribution < -0.4 is 20.9 Å². The number of rotatable bonds is 8. The van der Waals surface area contributed by atoms with Crippen molar-refractivity contribution >= 4 is 72.5 Å². The number of nitrogen functional groups attached to an aromatic ring is 2. The van der Waals surface area contributed by atoms with Crippen LogP contribution in [0.3, 0.4) is 0 Å². The number of hydrogen-bond acceptors (Lipinski definition) is 9. The summed E-state index contributed by atoms with van der Waals surface area (Å²) in [5.74, 6) is 0.198. The smallest absolute Gasteiger partial charge is 0.332 e. The van der Waals surface area contributed by atoms with Crippen molar-refractivity contribution in [2.24, 2.45) is 0 Å². The number of nitrogens with two attached hydrogens (primary N) is 2. The van der Waals surface area contributed by atoms with Crippen molar-refractivity contribution in [1.82, 2.24) is 9.97 Å². The van der Waals surface area contributed by atoms with Crippen molar-refractivity contribution in [1.29, 1.82) is 0 Å². The fourth-order valence-electron chi connectivity index (χ4n) is 3.44. The van der Waals surface area contributed by atoms with E-state index in [4.69, 9.17) is 51.0 Å². The van der Waals surface area contributed by atoms with Crippen molar-refractivity contribution in [3.05, 3.63) is 81.4 Å². The fraction of sp³-hybridized carbons (Fsp3) is 0.0435. The number of aromatic nitrogens is 2. The zero-order chi connectivity index (χ0) is 28.5. The molecule has 0 aliphatic rings. The summed E-state index contributed by atoms with van der Waals surface area (Å²) in [4.78, 5) is 7.26. The summed E-state index contributed by atoms with van der Waals surface area (Å²) in [6, 6.07) is 12.6. The molecule has 1 aromatic heterocycles. The number of benzene rings is 3. The third-order valence-corrected chi connectivity index (χ3v) is 8.47. The molecule has 16 heteroatoms. The lowest BCUT2D eigenvalue weighted by Gasteiger charge is -2.15. The van der Waals surface area contributed by atoms with Crippen LogP contribution in [-0.4, -0.2) is 26.8 Å². The maximum absolute atomic E-state index is 13.1. The largest absolute Gasteiger partial charge is 0.486 e. The molecule has 5 N–H and O–H groups in total. The van der Waals surface area contributed by atoms with Crippen LogP contribution in [0.1, 0.15) is 5.69 Å². The Morgan fingerprint density at radius 3 is 2.10 bits per heavy atom. The van der Waals surface area contributed by atoms with Gasteiger partial charge in [-0.05, 0) is 60.2 Å². The lowest BCUT2D eigenvalue weighted by Crippen LogP contribution is -2.13. The van der Waals surface area contributed by atoms with E-state index in [1.165, 1.54) is 18.2 Å². The van der Waals surface area contributed by atoms with E-state index in [1.54, 1.807) is 18.2 Å². The summed E-state index contributed by atoms with van der Waals surface area (Å²) in [5, 5.41) is 0.697. The van der Waals surface area contributed by atoms with Crippen molar-refractivity contribution in [2.45, 2.75) is 16.4 Å². The van der Waals surface area contributed by atoms with Gasteiger partial charge >= 0.3 is 10.2 Å². The molecule has 0 aliphatic carbocycles. The first kappa shape index (κ1) is 28.6. The Morgan fingerprint density at radius 2 is 1.49 bits per heavy atom. The highest BCUT2D eigenvalue weighted by Crippen LogP contribution is 2.35. The Kier molecular flexibility index (Phi) is 8.09. The lowest BCUT2D eigenvalue weighted by molar-refractivity contribution is 0.302. The van der Waals surface area contributed by atoms with Gasteiger partial charge in [0.15, 0.2) is 0 Å². The number of halogens is 4. The van der Waals surface area contributed by atoms with E-state index >= 15 is 0 Å². The zero-order valence-corrected chi connectivity index (χ0v) is 23.3. The van der Waals surface area contributed by atoms with E-state index in [1.807, 2.05) is 0 Å². The molecule has 0 saturated heterocycles. The molecule has 0 atom stereocenters. The topological polar surface area (TPSA) is 167 Å². The number of sulfonamides is 1. The standard InChI is InChI=1S/C23H17Cl3FN5O5S2/c24-16-7-1-12(9-17(16)25)21-19(30-23(29)31-22(21)28)11-37-20-8-2-13(10-18(20)26)32-39(35,36)15-5-3-14(4-6-15)38(27,33)34/h1-10,32H,11H2,(H4,28,29,30,31). The van der Waals surface area contributed by atoms with Gasteiger partial charge in [-0.25, -0.2) is 13.4 Å². The van der Waals surface area contributed by atoms with Gasteiger partial charge in [0.05, 0.1) is 36.2 Å². The minimum atomic E-state index is -4.97. The highest BCUT2D eigenvalue weighted by atomic mass is 35.5. The van der Waals surface area contributed by atoms with Gasteiger partial charge in [-0.1, -0.05) is 40.9 Å². The molecule has 1 heterocycles. The first-order valence-corrected chi connectivity index (χ1v) is 14.6. The van der Waals surface area contributed by atoms with E-state index in [0.29, 0.717) is 26.9 Å². The molecule has 0 fully saturated rings. The van der Waals surface area contributed by atoms with Crippen LogP contribution >= 0.6 is 34.8 Å². The van der Waals surface area contributed by atoms with Crippen LogP contribution in [0.15, 0.2) is 70.5 Å². The number of nitrogens with zero attached hydrogens (tertiary/aromatic N) is 2. The molecular weight excluding hydrogens is 616 g/mol. The molecule has 0 aliphatic heterocycles. The normalized spacial score (nSPS) is 11.8. The molecule has 0 unspecified atom stereocenters. The Morgan fingerprint density at radius 1 is 0.821 bits per heavy atom. The minimum Gasteiger partial charge on any atom is -0.486 e. The number of nitrogens with one attached hydrogen (secondary N) is 1. The van der Waals surface area contributed by atoms with Gasteiger partial charge in [0.1, 0.15) is 18.2 Å². The van der Waals surface area contributed by atoms with Gasteiger partial charge in [-0.3, -0.25) is 4.72 Å². The van der Waals surface area contributed by atoms with Crippen molar-refractivity contribution in [3.8, 4) is 16.9 Å². The SMILES string of the molecule is Nc1nc(N)c(-c2ccc(Cl)c(Cl)c2)c(COc2ccc(NS(=O)(=O)c3ccc(S(=O)(=O)F)cc3)cc2Cl)n1. The van der Waals surface area contributed by atoms with E-state index < -0.39 is 25.1 Å². The van der Waals surface area contributed by atoms with E-state index in [9.17, 15) is 20.7 Å². The van der Waals surface area contributed by atoms with Gasteiger partial charge in [0.2, 0.25) is 5.95 Å². The highest BCUT2D eigenvalue weighted by molar-refractivity contribution is 7.92. The van der Waals surface area contributed by atoms with E-state index in [0.717, 1.165) is 24.3 Å². The third-order valence-electron chi connectivity index (χ3n) is 5.20. The van der Waals surface area contributed by atoms with Gasteiger partial charge in [0, 0.05) is 5.56 Å². The maximum Gasteiger partial charge on any atom is 0.332 e. The second-order valence-corrected chi connectivity index (χ2v) is 12.1. The molecule has 39 heavy (non-hydrogen) atoms. The van der Waals surface area contributed by atoms with Crippen LogP contribution in [0.25, 0.3) is 11.1 Å². The van der Waals surface area contributed by atoms with Crippen molar-refractivity contribution in [2.75, 3.05) is 16.2 Å². The van der Waals surface area contributed by atoms with Gasteiger partial charge in [-0.2, -0.15) is 13.4 Å². The predicted octanol–water partition coefficient (Wildman–Crippen LogP) is 5.31. The summed E-state index contributed by atoms with van der Waals surface area (Å²) >= 11 is 18.5. The second-order valence-electron chi connectivity index (χ2n) is 7.87. The molecule has 0 amide bonds. The molecule has 0 spiro atoms. The Balaban J connectivity index is 1.54. The minimum absolute atomic E-state index is 0.0557. The van der Waals surface area contributed by atoms with Crippen LogP contribution in [0.5, 0.6) is 5.75 Å². The van der Waals surface area contributed by atoms with Crippen LogP contribution in [0, 0.1) is 0 Å². The molecule has 204 valence electrons. The quantitative estimate of drug-likeness (QED) is 0.218. The summed E-state index contributed by atoms with van der Waals surface area (Å²) in [6.45, 7) is -0.138. The molecule has 10 nitrogen and oxygen atoms in total. The summed E-state index contributed by atoms with van der Waals surface area (Å²) in [7, 11) is -9.11. The second kappa shape index (κ2) is 11.0. The first-order valence-electron chi connectivity index (χ1n) is 10.6.